The van der Waals surface area contributed by atoms with Crippen LogP contribution in [0.1, 0.15) is 62.3 Å². The lowest BCUT2D eigenvalue weighted by molar-refractivity contribution is -0.121. The minimum Gasteiger partial charge on any atom is -0.508 e. The Balaban J connectivity index is 2.13. The molecule has 1 atom stereocenters. The van der Waals surface area contributed by atoms with Crippen molar-refractivity contribution in [3.05, 3.63) is 77.4 Å². The summed E-state index contributed by atoms with van der Waals surface area (Å²) in [7, 11) is 0. The van der Waals surface area contributed by atoms with Crippen LogP contribution in [0.3, 0.4) is 0 Å². The van der Waals surface area contributed by atoms with E-state index in [1.807, 2.05) is 49.4 Å². The summed E-state index contributed by atoms with van der Waals surface area (Å²) >= 11 is 0. The molecule has 1 amide bonds. The Bertz CT molecular complexity index is 929. The Morgan fingerprint density at radius 1 is 0.963 bits per heavy atom. The van der Waals surface area contributed by atoms with Gasteiger partial charge in [0, 0.05) is 12.0 Å². The molecular formula is C24H27NO2. The standard InChI is InChI=1S/C24H27NO2/c1-4-7-22(27)25-24(19-12-10-17(11-13-19)16(2)3)23-20-9-6-5-8-18(20)14-15-21(23)26/h5-6,8-16,24,26H,4,7H2,1-3H3,(H,25,27)/t24-/m0/s1. The number of hydrogen-bond acceptors (Lipinski definition) is 2. The topological polar surface area (TPSA) is 49.3 Å². The van der Waals surface area contributed by atoms with Crippen LogP contribution in [0, 0.1) is 0 Å². The number of hydrogen-bond donors (Lipinski definition) is 2. The van der Waals surface area contributed by atoms with Crippen molar-refractivity contribution in [3.63, 3.8) is 0 Å². The van der Waals surface area contributed by atoms with E-state index in [0.717, 1.165) is 28.3 Å². The molecule has 0 fully saturated rings. The van der Waals surface area contributed by atoms with Crippen molar-refractivity contribution in [1.82, 2.24) is 5.32 Å². The van der Waals surface area contributed by atoms with Gasteiger partial charge in [-0.1, -0.05) is 75.4 Å². The summed E-state index contributed by atoms with van der Waals surface area (Å²) in [5.41, 5.74) is 2.96. The van der Waals surface area contributed by atoms with Gasteiger partial charge in [-0.15, -0.1) is 0 Å². The van der Waals surface area contributed by atoms with Gasteiger partial charge in [0.2, 0.25) is 5.91 Å². The largest absolute Gasteiger partial charge is 0.508 e. The van der Waals surface area contributed by atoms with Crippen LogP contribution in [0.15, 0.2) is 60.7 Å². The highest BCUT2D eigenvalue weighted by Gasteiger charge is 2.22. The van der Waals surface area contributed by atoms with E-state index >= 15 is 0 Å². The van der Waals surface area contributed by atoms with Gasteiger partial charge in [-0.25, -0.2) is 0 Å². The fourth-order valence-corrected chi connectivity index (χ4v) is 3.44. The van der Waals surface area contributed by atoms with Gasteiger partial charge >= 0.3 is 0 Å². The van der Waals surface area contributed by atoms with Crippen LogP contribution in [-0.2, 0) is 4.79 Å². The number of phenols is 1. The van der Waals surface area contributed by atoms with E-state index in [9.17, 15) is 9.90 Å². The Morgan fingerprint density at radius 2 is 1.63 bits per heavy atom. The highest BCUT2D eigenvalue weighted by Crippen LogP contribution is 2.36. The molecule has 2 N–H and O–H groups in total. The molecule has 3 aromatic carbocycles. The molecule has 140 valence electrons. The van der Waals surface area contributed by atoms with Gasteiger partial charge in [0.25, 0.3) is 0 Å². The van der Waals surface area contributed by atoms with Crippen molar-refractivity contribution in [2.24, 2.45) is 0 Å². The third kappa shape index (κ3) is 4.13. The van der Waals surface area contributed by atoms with Gasteiger partial charge in [0.05, 0.1) is 6.04 Å². The molecule has 0 aliphatic heterocycles. The van der Waals surface area contributed by atoms with Gasteiger partial charge in [-0.3, -0.25) is 4.79 Å². The van der Waals surface area contributed by atoms with Gasteiger partial charge in [0.15, 0.2) is 0 Å². The van der Waals surface area contributed by atoms with Crippen LogP contribution >= 0.6 is 0 Å². The summed E-state index contributed by atoms with van der Waals surface area (Å²) in [6, 6.07) is 19.5. The van der Waals surface area contributed by atoms with Crippen LogP contribution in [0.5, 0.6) is 5.75 Å². The van der Waals surface area contributed by atoms with E-state index in [2.05, 4.69) is 31.3 Å². The number of benzene rings is 3. The first-order chi connectivity index (χ1) is 13.0. The second kappa shape index (κ2) is 8.26. The maximum Gasteiger partial charge on any atom is 0.220 e. The summed E-state index contributed by atoms with van der Waals surface area (Å²) in [6.07, 6.45) is 1.25. The Kier molecular flexibility index (Phi) is 5.80. The molecule has 0 saturated heterocycles. The molecule has 3 heteroatoms. The summed E-state index contributed by atoms with van der Waals surface area (Å²) < 4.78 is 0. The first-order valence-corrected chi connectivity index (χ1v) is 9.61. The predicted octanol–water partition coefficient (Wildman–Crippen LogP) is 5.67. The monoisotopic (exact) mass is 361 g/mol. The van der Waals surface area contributed by atoms with Crippen molar-refractivity contribution in [1.29, 1.82) is 0 Å². The molecule has 0 bridgehead atoms. The van der Waals surface area contributed by atoms with E-state index in [1.165, 1.54) is 5.56 Å². The third-order valence-corrected chi connectivity index (χ3v) is 4.96. The number of fused-ring (bicyclic) bond motifs is 1. The molecule has 0 radical (unpaired) electrons. The van der Waals surface area contributed by atoms with Crippen molar-refractivity contribution >= 4 is 16.7 Å². The summed E-state index contributed by atoms with van der Waals surface area (Å²) in [4.78, 5) is 12.4. The van der Waals surface area contributed by atoms with Crippen molar-refractivity contribution in [2.45, 2.75) is 45.6 Å². The summed E-state index contributed by atoms with van der Waals surface area (Å²) in [5.74, 6) is 0.629. The molecular weight excluding hydrogens is 334 g/mol. The lowest BCUT2D eigenvalue weighted by atomic mass is 9.91. The molecule has 0 heterocycles. The SMILES string of the molecule is CCCC(=O)N[C@@H](c1ccc(C(C)C)cc1)c1c(O)ccc2ccccc12. The molecule has 3 aromatic rings. The number of nitrogens with one attached hydrogen (secondary N) is 1. The molecule has 27 heavy (non-hydrogen) atoms. The Labute approximate surface area is 161 Å². The third-order valence-electron chi connectivity index (χ3n) is 4.96. The molecule has 0 unspecified atom stereocenters. The Morgan fingerprint density at radius 3 is 2.30 bits per heavy atom. The first kappa shape index (κ1) is 19.0. The van der Waals surface area contributed by atoms with Gasteiger partial charge in [-0.2, -0.15) is 0 Å². The van der Waals surface area contributed by atoms with Crippen LogP contribution in [0.25, 0.3) is 10.8 Å². The smallest absolute Gasteiger partial charge is 0.220 e. The molecule has 0 aliphatic rings. The number of phenolic OH excluding ortho intramolecular Hbond substituents is 1. The number of aromatic hydroxyl groups is 1. The summed E-state index contributed by atoms with van der Waals surface area (Å²) in [6.45, 7) is 6.31. The van der Waals surface area contributed by atoms with E-state index in [1.54, 1.807) is 6.07 Å². The fourth-order valence-electron chi connectivity index (χ4n) is 3.44. The highest BCUT2D eigenvalue weighted by molar-refractivity contribution is 5.89. The molecule has 0 aliphatic carbocycles. The van der Waals surface area contributed by atoms with Crippen LogP contribution in [0.4, 0.5) is 0 Å². The van der Waals surface area contributed by atoms with Gasteiger partial charge < -0.3 is 10.4 Å². The summed E-state index contributed by atoms with van der Waals surface area (Å²) in [5, 5.41) is 15.8. The molecule has 0 saturated carbocycles. The van der Waals surface area contributed by atoms with Crippen LogP contribution < -0.4 is 5.32 Å². The average molecular weight is 361 g/mol. The highest BCUT2D eigenvalue weighted by atomic mass is 16.3. The van der Waals surface area contributed by atoms with Gasteiger partial charge in [0.1, 0.15) is 5.75 Å². The zero-order valence-electron chi connectivity index (χ0n) is 16.2. The lowest BCUT2D eigenvalue weighted by Crippen LogP contribution is -2.29. The zero-order chi connectivity index (χ0) is 19.4. The quantitative estimate of drug-likeness (QED) is 0.594. The van der Waals surface area contributed by atoms with E-state index in [-0.39, 0.29) is 11.7 Å². The van der Waals surface area contributed by atoms with E-state index < -0.39 is 6.04 Å². The number of carbonyl (C=O) groups is 1. The second-order valence-electron chi connectivity index (χ2n) is 7.29. The minimum absolute atomic E-state index is 0.0113. The maximum absolute atomic E-state index is 12.4. The molecule has 0 aromatic heterocycles. The van der Waals surface area contributed by atoms with Gasteiger partial charge in [-0.05, 0) is 40.3 Å². The molecule has 3 nitrogen and oxygen atoms in total. The minimum atomic E-state index is -0.392. The number of carbonyl (C=O) groups excluding carboxylic acids is 1. The maximum atomic E-state index is 12.4. The Hall–Kier alpha value is -2.81. The molecule has 3 rings (SSSR count). The number of rotatable bonds is 6. The lowest BCUT2D eigenvalue weighted by Gasteiger charge is -2.23. The first-order valence-electron chi connectivity index (χ1n) is 9.61. The normalized spacial score (nSPS) is 12.3. The second-order valence-corrected chi connectivity index (χ2v) is 7.29. The van der Waals surface area contributed by atoms with E-state index in [4.69, 9.17) is 0 Å². The average Bonchev–Trinajstić information content (AvgIpc) is 2.67. The van der Waals surface area contributed by atoms with Crippen molar-refractivity contribution in [2.75, 3.05) is 0 Å². The number of amides is 1. The van der Waals surface area contributed by atoms with Crippen LogP contribution in [-0.4, -0.2) is 11.0 Å². The fraction of sp³-hybridized carbons (Fsp3) is 0.292. The van der Waals surface area contributed by atoms with Crippen molar-refractivity contribution < 1.29 is 9.90 Å². The zero-order valence-corrected chi connectivity index (χ0v) is 16.2. The van der Waals surface area contributed by atoms with Crippen molar-refractivity contribution in [3.8, 4) is 5.75 Å². The molecule has 0 spiro atoms. The predicted molar refractivity (Wildman–Crippen MR) is 111 cm³/mol. The van der Waals surface area contributed by atoms with E-state index in [0.29, 0.717) is 12.3 Å². The van der Waals surface area contributed by atoms with Crippen LogP contribution in [0.2, 0.25) is 0 Å².